The first kappa shape index (κ1) is 20.5. The van der Waals surface area contributed by atoms with Crippen LogP contribution >= 0.6 is 34.8 Å². The van der Waals surface area contributed by atoms with Crippen molar-refractivity contribution < 1.29 is 22.8 Å². The average molecular weight is 450 g/mol. The number of alkyl halides is 3. The fourth-order valence-corrected chi connectivity index (χ4v) is 3.16. The second-order valence-corrected chi connectivity index (χ2v) is 7.03. The molecule has 0 bridgehead atoms. The van der Waals surface area contributed by atoms with Crippen molar-refractivity contribution in [3.63, 3.8) is 0 Å². The highest BCUT2D eigenvalue weighted by molar-refractivity contribution is 6.53. The molecule has 0 atom stereocenters. The van der Waals surface area contributed by atoms with Crippen LogP contribution in [0.15, 0.2) is 47.1 Å². The summed E-state index contributed by atoms with van der Waals surface area (Å²) in [6.45, 7) is 1.68. The van der Waals surface area contributed by atoms with Gasteiger partial charge in [0.25, 0.3) is 11.8 Å². The Bertz CT molecular complexity index is 1040. The van der Waals surface area contributed by atoms with Gasteiger partial charge in [-0.3, -0.25) is 9.59 Å². The molecule has 3 rings (SSSR count). The maximum Gasteiger partial charge on any atom is 0.416 e. The molecule has 146 valence electrons. The zero-order valence-corrected chi connectivity index (χ0v) is 16.3. The Hall–Kier alpha value is -2.22. The van der Waals surface area contributed by atoms with Gasteiger partial charge in [0.05, 0.1) is 16.3 Å². The lowest BCUT2D eigenvalue weighted by molar-refractivity contribution is -0.137. The number of hydrogen-bond donors (Lipinski definition) is 1. The van der Waals surface area contributed by atoms with Gasteiger partial charge in [-0.1, -0.05) is 40.9 Å². The molecule has 0 radical (unpaired) electrons. The molecule has 0 saturated heterocycles. The normalized spacial score (nSPS) is 14.9. The highest BCUT2D eigenvalue weighted by Gasteiger charge is 2.41. The molecule has 1 aliphatic heterocycles. The molecule has 28 heavy (non-hydrogen) atoms. The number of carbonyl (C=O) groups is 2. The molecule has 0 fully saturated rings. The predicted molar refractivity (Wildman–Crippen MR) is 102 cm³/mol. The maximum atomic E-state index is 13.0. The van der Waals surface area contributed by atoms with Crippen molar-refractivity contribution in [2.24, 2.45) is 0 Å². The molecule has 0 aliphatic carbocycles. The van der Waals surface area contributed by atoms with Gasteiger partial charge in [-0.05, 0) is 42.8 Å². The molecule has 0 unspecified atom stereocenters. The van der Waals surface area contributed by atoms with E-state index in [-0.39, 0.29) is 10.7 Å². The van der Waals surface area contributed by atoms with E-state index in [4.69, 9.17) is 34.8 Å². The summed E-state index contributed by atoms with van der Waals surface area (Å²) in [5, 5.41) is 2.46. The Kier molecular flexibility index (Phi) is 5.36. The number of halogens is 6. The van der Waals surface area contributed by atoms with E-state index in [9.17, 15) is 22.8 Å². The first-order chi connectivity index (χ1) is 13.0. The van der Waals surface area contributed by atoms with E-state index in [0.29, 0.717) is 27.2 Å². The van der Waals surface area contributed by atoms with Crippen LogP contribution in [0.3, 0.4) is 0 Å². The summed E-state index contributed by atoms with van der Waals surface area (Å²) in [6, 6.07) is 7.19. The van der Waals surface area contributed by atoms with Crippen molar-refractivity contribution in [1.82, 2.24) is 0 Å². The van der Waals surface area contributed by atoms with Crippen molar-refractivity contribution in [3.05, 3.63) is 68.3 Å². The first-order valence-electron chi connectivity index (χ1n) is 7.70. The zero-order valence-electron chi connectivity index (χ0n) is 14.0. The largest absolute Gasteiger partial charge is 0.416 e. The fraction of sp³-hybridized carbons (Fsp3) is 0.111. The lowest BCUT2D eigenvalue weighted by atomic mass is 10.1. The van der Waals surface area contributed by atoms with E-state index in [0.717, 1.165) is 12.1 Å². The molecular weight excluding hydrogens is 440 g/mol. The molecule has 2 aromatic rings. The van der Waals surface area contributed by atoms with E-state index >= 15 is 0 Å². The third-order valence-corrected chi connectivity index (χ3v) is 5.15. The number of rotatable bonds is 3. The minimum absolute atomic E-state index is 0.209. The lowest BCUT2D eigenvalue weighted by Gasteiger charge is -2.18. The van der Waals surface area contributed by atoms with Gasteiger partial charge in [0.2, 0.25) is 0 Å². The smallest absolute Gasteiger partial charge is 0.349 e. The summed E-state index contributed by atoms with van der Waals surface area (Å²) in [5.41, 5.74) is -0.749. The monoisotopic (exact) mass is 448 g/mol. The van der Waals surface area contributed by atoms with Crippen LogP contribution in [0, 0.1) is 6.92 Å². The zero-order chi connectivity index (χ0) is 20.8. The molecular formula is C18H10Cl3F3N2O2. The highest BCUT2D eigenvalue weighted by Crippen LogP contribution is 2.39. The van der Waals surface area contributed by atoms with Crippen LogP contribution in [0.25, 0.3) is 0 Å². The molecule has 1 N–H and O–H groups in total. The van der Waals surface area contributed by atoms with Gasteiger partial charge >= 0.3 is 6.18 Å². The predicted octanol–water partition coefficient (Wildman–Crippen LogP) is 5.76. The molecule has 4 nitrogen and oxygen atoms in total. The van der Waals surface area contributed by atoms with Crippen molar-refractivity contribution in [1.29, 1.82) is 0 Å². The van der Waals surface area contributed by atoms with Crippen molar-refractivity contribution in [3.8, 4) is 0 Å². The Labute approximate surface area is 172 Å². The van der Waals surface area contributed by atoms with Gasteiger partial charge in [-0.25, -0.2) is 4.90 Å². The van der Waals surface area contributed by atoms with E-state index in [2.05, 4.69) is 5.32 Å². The Balaban J connectivity index is 2.01. The van der Waals surface area contributed by atoms with Gasteiger partial charge in [0.1, 0.15) is 10.7 Å². The number of benzene rings is 2. The minimum atomic E-state index is -4.68. The second kappa shape index (κ2) is 7.31. The van der Waals surface area contributed by atoms with Crippen molar-refractivity contribution in [2.75, 3.05) is 10.2 Å². The molecule has 0 saturated carbocycles. The fourth-order valence-electron chi connectivity index (χ4n) is 2.57. The van der Waals surface area contributed by atoms with E-state index in [1.807, 2.05) is 0 Å². The van der Waals surface area contributed by atoms with Crippen LogP contribution in [0.4, 0.5) is 24.5 Å². The number of anilines is 2. The minimum Gasteiger partial charge on any atom is -0.349 e. The van der Waals surface area contributed by atoms with Crippen molar-refractivity contribution in [2.45, 2.75) is 13.1 Å². The SMILES string of the molecule is Cc1c(Cl)cccc1NC1=C(Cl)C(=O)N(c2cc(C(F)(F)F)ccc2Cl)C1=O. The van der Waals surface area contributed by atoms with E-state index in [1.165, 1.54) is 0 Å². The molecule has 1 aliphatic rings. The molecule has 0 spiro atoms. The summed E-state index contributed by atoms with van der Waals surface area (Å²) in [5.74, 6) is -1.93. The molecule has 2 amide bonds. The Morgan fingerprint density at radius 3 is 2.29 bits per heavy atom. The van der Waals surface area contributed by atoms with Crippen LogP contribution in [0.2, 0.25) is 10.0 Å². The van der Waals surface area contributed by atoms with Gasteiger partial charge in [-0.15, -0.1) is 0 Å². The number of nitrogens with one attached hydrogen (secondary N) is 1. The lowest BCUT2D eigenvalue weighted by Crippen LogP contribution is -2.32. The van der Waals surface area contributed by atoms with Crippen LogP contribution in [0.5, 0.6) is 0 Å². The van der Waals surface area contributed by atoms with Crippen LogP contribution < -0.4 is 10.2 Å². The highest BCUT2D eigenvalue weighted by atomic mass is 35.5. The summed E-state index contributed by atoms with van der Waals surface area (Å²) in [7, 11) is 0. The van der Waals surface area contributed by atoms with Crippen LogP contribution in [-0.4, -0.2) is 11.8 Å². The summed E-state index contributed by atoms with van der Waals surface area (Å²) < 4.78 is 39.0. The Morgan fingerprint density at radius 1 is 0.964 bits per heavy atom. The van der Waals surface area contributed by atoms with Gasteiger partial charge < -0.3 is 5.32 Å². The maximum absolute atomic E-state index is 13.0. The quantitative estimate of drug-likeness (QED) is 0.607. The third-order valence-electron chi connectivity index (χ3n) is 4.07. The molecule has 0 aromatic heterocycles. The van der Waals surface area contributed by atoms with Crippen LogP contribution in [-0.2, 0) is 15.8 Å². The average Bonchev–Trinajstić information content (AvgIpc) is 2.82. The number of nitrogens with zero attached hydrogens (tertiary/aromatic N) is 1. The van der Waals surface area contributed by atoms with Gasteiger partial charge in [0.15, 0.2) is 0 Å². The number of amides is 2. The topological polar surface area (TPSA) is 49.4 Å². The molecule has 10 heteroatoms. The molecule has 2 aromatic carbocycles. The summed E-state index contributed by atoms with van der Waals surface area (Å²) in [6.07, 6.45) is -4.68. The third kappa shape index (κ3) is 3.57. The first-order valence-corrected chi connectivity index (χ1v) is 8.83. The standard InChI is InChI=1S/C18H10Cl3F3N2O2/c1-8-10(19)3-2-4-12(8)25-15-14(21)16(27)26(17(15)28)13-7-9(18(22,23)24)5-6-11(13)20/h2-7,25H,1H3. The number of carbonyl (C=O) groups excluding carboxylic acids is 2. The molecule has 1 heterocycles. The van der Waals surface area contributed by atoms with E-state index in [1.54, 1.807) is 25.1 Å². The summed E-state index contributed by atoms with van der Waals surface area (Å²) in [4.78, 5) is 25.8. The number of hydrogen-bond acceptors (Lipinski definition) is 3. The Morgan fingerprint density at radius 2 is 1.64 bits per heavy atom. The van der Waals surface area contributed by atoms with Gasteiger partial charge in [-0.2, -0.15) is 13.2 Å². The summed E-state index contributed by atoms with van der Waals surface area (Å²) >= 11 is 18.0. The van der Waals surface area contributed by atoms with Crippen molar-refractivity contribution >= 4 is 58.0 Å². The number of imide groups is 1. The van der Waals surface area contributed by atoms with Crippen LogP contribution in [0.1, 0.15) is 11.1 Å². The second-order valence-electron chi connectivity index (χ2n) is 5.84. The van der Waals surface area contributed by atoms with E-state index < -0.39 is 34.3 Å². The van der Waals surface area contributed by atoms with Gasteiger partial charge in [0, 0.05) is 10.7 Å².